The maximum atomic E-state index is 12.8. The van der Waals surface area contributed by atoms with E-state index < -0.39 is 5.97 Å². The van der Waals surface area contributed by atoms with Gasteiger partial charge in [0.1, 0.15) is 5.75 Å². The number of para-hydroxylation sites is 1. The van der Waals surface area contributed by atoms with Gasteiger partial charge in [0, 0.05) is 28.5 Å². The van der Waals surface area contributed by atoms with Gasteiger partial charge in [0.05, 0.1) is 0 Å². The Balaban J connectivity index is 1.82. The number of fused-ring (bicyclic) bond motifs is 2. The van der Waals surface area contributed by atoms with Crippen LogP contribution in [-0.4, -0.2) is 11.8 Å². The number of hydrogen-bond acceptors (Lipinski definition) is 3. The first kappa shape index (κ1) is 13.0. The van der Waals surface area contributed by atoms with Gasteiger partial charge in [-0.15, -0.1) is 0 Å². The Bertz CT molecular complexity index is 819. The molecule has 2 aromatic rings. The van der Waals surface area contributed by atoms with Crippen LogP contribution in [0.15, 0.2) is 60.7 Å². The number of carbonyl (C=O) groups is 2. The van der Waals surface area contributed by atoms with Crippen molar-refractivity contribution < 1.29 is 14.3 Å². The summed E-state index contributed by atoms with van der Waals surface area (Å²) in [7, 11) is 0. The minimum atomic E-state index is -0.438. The third-order valence-corrected chi connectivity index (χ3v) is 4.56. The highest BCUT2D eigenvalue weighted by molar-refractivity contribution is 6.05. The van der Waals surface area contributed by atoms with Crippen molar-refractivity contribution in [3.8, 4) is 5.75 Å². The van der Waals surface area contributed by atoms with E-state index in [0.717, 1.165) is 16.7 Å². The fourth-order valence-corrected chi connectivity index (χ4v) is 3.51. The SMILES string of the molecule is C=C1C(=O)Oc2ccccc2[C@@H]1[C@@H]1Cc2ccccc2C1=O. The quantitative estimate of drug-likeness (QED) is 0.460. The third-order valence-electron chi connectivity index (χ3n) is 4.56. The lowest BCUT2D eigenvalue weighted by molar-refractivity contribution is -0.131. The zero-order valence-electron chi connectivity index (χ0n) is 11.9. The smallest absolute Gasteiger partial charge is 0.339 e. The zero-order chi connectivity index (χ0) is 15.3. The predicted octanol–water partition coefficient (Wildman–Crippen LogP) is 3.30. The molecule has 0 fully saturated rings. The van der Waals surface area contributed by atoms with Crippen molar-refractivity contribution in [3.63, 3.8) is 0 Å². The summed E-state index contributed by atoms with van der Waals surface area (Å²) in [6.45, 7) is 3.89. The third kappa shape index (κ3) is 1.75. The lowest BCUT2D eigenvalue weighted by Gasteiger charge is -2.29. The number of ether oxygens (including phenoxy) is 1. The first-order valence-electron chi connectivity index (χ1n) is 7.29. The number of hydrogen-bond donors (Lipinski definition) is 0. The summed E-state index contributed by atoms with van der Waals surface area (Å²) in [5.41, 5.74) is 3.04. The second-order valence-electron chi connectivity index (χ2n) is 5.76. The second-order valence-corrected chi connectivity index (χ2v) is 5.76. The minimum Gasteiger partial charge on any atom is -0.423 e. The highest BCUT2D eigenvalue weighted by Gasteiger charge is 2.43. The predicted molar refractivity (Wildman–Crippen MR) is 81.9 cm³/mol. The number of benzene rings is 2. The summed E-state index contributed by atoms with van der Waals surface area (Å²) < 4.78 is 5.30. The molecule has 0 unspecified atom stereocenters. The maximum absolute atomic E-state index is 12.8. The van der Waals surface area contributed by atoms with Gasteiger partial charge in [-0.1, -0.05) is 49.0 Å². The van der Waals surface area contributed by atoms with Crippen LogP contribution in [0, 0.1) is 5.92 Å². The van der Waals surface area contributed by atoms with Gasteiger partial charge in [-0.3, -0.25) is 4.79 Å². The molecule has 0 amide bonds. The van der Waals surface area contributed by atoms with E-state index in [2.05, 4.69) is 6.58 Å². The number of carbonyl (C=O) groups excluding carboxylic acids is 2. The summed E-state index contributed by atoms with van der Waals surface area (Å²) in [4.78, 5) is 24.8. The first-order valence-corrected chi connectivity index (χ1v) is 7.29. The van der Waals surface area contributed by atoms with Crippen molar-refractivity contribution in [2.45, 2.75) is 12.3 Å². The molecule has 0 saturated heterocycles. The first-order chi connectivity index (χ1) is 10.7. The van der Waals surface area contributed by atoms with Crippen LogP contribution in [0.4, 0.5) is 0 Å². The summed E-state index contributed by atoms with van der Waals surface area (Å²) in [6.07, 6.45) is 0.639. The molecule has 3 heteroatoms. The summed E-state index contributed by atoms with van der Waals surface area (Å²) >= 11 is 0. The molecule has 0 radical (unpaired) electrons. The maximum Gasteiger partial charge on any atom is 0.339 e. The van der Waals surface area contributed by atoms with E-state index in [0.29, 0.717) is 17.7 Å². The monoisotopic (exact) mass is 290 g/mol. The molecule has 1 aliphatic heterocycles. The highest BCUT2D eigenvalue weighted by Crippen LogP contribution is 2.45. The van der Waals surface area contributed by atoms with E-state index >= 15 is 0 Å². The fourth-order valence-electron chi connectivity index (χ4n) is 3.51. The largest absolute Gasteiger partial charge is 0.423 e. The number of rotatable bonds is 1. The summed E-state index contributed by atoms with van der Waals surface area (Å²) in [5.74, 6) is -0.399. The van der Waals surface area contributed by atoms with Crippen LogP contribution in [0.3, 0.4) is 0 Å². The van der Waals surface area contributed by atoms with Crippen molar-refractivity contribution >= 4 is 11.8 Å². The molecule has 108 valence electrons. The van der Waals surface area contributed by atoms with Crippen molar-refractivity contribution in [2.75, 3.05) is 0 Å². The van der Waals surface area contributed by atoms with Gasteiger partial charge in [-0.05, 0) is 18.1 Å². The van der Waals surface area contributed by atoms with E-state index in [1.165, 1.54) is 0 Å². The molecule has 3 nitrogen and oxygen atoms in total. The molecule has 0 N–H and O–H groups in total. The van der Waals surface area contributed by atoms with Crippen LogP contribution in [0.2, 0.25) is 0 Å². The Labute approximate surface area is 128 Å². The molecule has 2 aliphatic rings. The molecule has 0 spiro atoms. The average Bonchev–Trinajstić information content (AvgIpc) is 2.86. The molecule has 0 aromatic heterocycles. The molecule has 0 bridgehead atoms. The molecular formula is C19H14O3. The molecule has 22 heavy (non-hydrogen) atoms. The lowest BCUT2D eigenvalue weighted by Crippen LogP contribution is -2.30. The Hall–Kier alpha value is -2.68. The van der Waals surface area contributed by atoms with Gasteiger partial charge >= 0.3 is 5.97 Å². The van der Waals surface area contributed by atoms with E-state index in [4.69, 9.17) is 4.74 Å². The Morgan fingerprint density at radius 1 is 1.00 bits per heavy atom. The number of Topliss-reactive ketones (excluding diaryl/α,β-unsaturated/α-hetero) is 1. The molecule has 4 rings (SSSR count). The van der Waals surface area contributed by atoms with Crippen LogP contribution >= 0.6 is 0 Å². The van der Waals surface area contributed by atoms with Gasteiger partial charge in [-0.2, -0.15) is 0 Å². The van der Waals surface area contributed by atoms with Gasteiger partial charge in [-0.25, -0.2) is 4.79 Å². The van der Waals surface area contributed by atoms with Gasteiger partial charge in [0.15, 0.2) is 5.78 Å². The van der Waals surface area contributed by atoms with E-state index in [-0.39, 0.29) is 17.6 Å². The van der Waals surface area contributed by atoms with Crippen LogP contribution < -0.4 is 4.74 Å². The van der Waals surface area contributed by atoms with Crippen molar-refractivity contribution in [1.29, 1.82) is 0 Å². The normalized spacial score (nSPS) is 23.0. The molecule has 2 atom stereocenters. The standard InChI is InChI=1S/C19H14O3/c1-11-17(14-8-4-5-9-16(14)22-19(11)21)15-10-12-6-2-3-7-13(12)18(15)20/h2-9,15,17H,1,10H2/t15-,17+/m0/s1. The molecular weight excluding hydrogens is 276 g/mol. The average molecular weight is 290 g/mol. The zero-order valence-corrected chi connectivity index (χ0v) is 11.9. The number of ketones is 1. The van der Waals surface area contributed by atoms with Gasteiger partial charge < -0.3 is 4.74 Å². The van der Waals surface area contributed by atoms with Crippen molar-refractivity contribution in [1.82, 2.24) is 0 Å². The fraction of sp³-hybridized carbons (Fsp3) is 0.158. The van der Waals surface area contributed by atoms with E-state index in [9.17, 15) is 9.59 Å². The minimum absolute atomic E-state index is 0.0891. The van der Waals surface area contributed by atoms with Gasteiger partial charge in [0.2, 0.25) is 0 Å². The van der Waals surface area contributed by atoms with Crippen molar-refractivity contribution in [2.24, 2.45) is 5.92 Å². The van der Waals surface area contributed by atoms with E-state index in [1.54, 1.807) is 6.07 Å². The van der Waals surface area contributed by atoms with Crippen LogP contribution in [0.25, 0.3) is 0 Å². The molecule has 2 aromatic carbocycles. The Morgan fingerprint density at radius 3 is 2.55 bits per heavy atom. The molecule has 1 heterocycles. The Kier molecular flexibility index (Phi) is 2.76. The van der Waals surface area contributed by atoms with Crippen molar-refractivity contribution in [3.05, 3.63) is 77.4 Å². The molecule has 1 aliphatic carbocycles. The van der Waals surface area contributed by atoms with Crippen LogP contribution in [0.5, 0.6) is 5.75 Å². The lowest BCUT2D eigenvalue weighted by atomic mass is 9.77. The van der Waals surface area contributed by atoms with Crippen LogP contribution in [-0.2, 0) is 11.2 Å². The van der Waals surface area contributed by atoms with E-state index in [1.807, 2.05) is 42.5 Å². The Morgan fingerprint density at radius 2 is 1.73 bits per heavy atom. The topological polar surface area (TPSA) is 43.4 Å². The highest BCUT2D eigenvalue weighted by atomic mass is 16.5. The van der Waals surface area contributed by atoms with Gasteiger partial charge in [0.25, 0.3) is 0 Å². The summed E-state index contributed by atoms with van der Waals surface area (Å²) in [6, 6.07) is 15.0. The van der Waals surface area contributed by atoms with Crippen LogP contribution in [0.1, 0.15) is 27.4 Å². The number of esters is 1. The summed E-state index contributed by atoms with van der Waals surface area (Å²) in [5, 5.41) is 0. The molecule has 0 saturated carbocycles. The second kappa shape index (κ2) is 4.67.